The second-order valence-electron chi connectivity index (χ2n) is 4.20. The zero-order valence-corrected chi connectivity index (χ0v) is 12.3. The van der Waals surface area contributed by atoms with Gasteiger partial charge in [0.1, 0.15) is 0 Å². The zero-order chi connectivity index (χ0) is 11.5. The number of thioether (sulfide) groups is 1. The van der Waals surface area contributed by atoms with Crippen LogP contribution in [0.25, 0.3) is 0 Å². The topological polar surface area (TPSA) is 38.0 Å². The second kappa shape index (κ2) is 5.49. The van der Waals surface area contributed by atoms with Crippen molar-refractivity contribution >= 4 is 45.7 Å². The average molecular weight is 348 g/mol. The molecule has 16 heavy (non-hydrogen) atoms. The molecule has 2 rings (SSSR count). The Bertz CT molecular complexity index is 370. The Balaban J connectivity index is 2.08. The SMILES string of the molecule is CSC1CCCC1Nc1ccc(N)cc1I. The summed E-state index contributed by atoms with van der Waals surface area (Å²) in [5.74, 6) is 0. The molecule has 2 atom stereocenters. The average Bonchev–Trinajstić information content (AvgIpc) is 2.69. The highest BCUT2D eigenvalue weighted by atomic mass is 127. The van der Waals surface area contributed by atoms with Crippen molar-refractivity contribution in [2.45, 2.75) is 30.6 Å². The van der Waals surface area contributed by atoms with E-state index in [1.165, 1.54) is 28.5 Å². The normalized spacial score (nSPS) is 24.6. The van der Waals surface area contributed by atoms with Gasteiger partial charge in [0.05, 0.1) is 0 Å². The minimum atomic E-state index is 0.618. The van der Waals surface area contributed by atoms with Crippen LogP contribution >= 0.6 is 34.4 Å². The van der Waals surface area contributed by atoms with Gasteiger partial charge in [0.25, 0.3) is 0 Å². The number of halogens is 1. The summed E-state index contributed by atoms with van der Waals surface area (Å²) in [4.78, 5) is 0. The Kier molecular flexibility index (Phi) is 4.24. The van der Waals surface area contributed by atoms with Crippen molar-refractivity contribution in [3.05, 3.63) is 21.8 Å². The van der Waals surface area contributed by atoms with Crippen LogP contribution in [-0.4, -0.2) is 17.5 Å². The number of hydrogen-bond acceptors (Lipinski definition) is 3. The van der Waals surface area contributed by atoms with Crippen LogP contribution in [-0.2, 0) is 0 Å². The highest BCUT2D eigenvalue weighted by Gasteiger charge is 2.26. The van der Waals surface area contributed by atoms with E-state index >= 15 is 0 Å². The van der Waals surface area contributed by atoms with Crippen LogP contribution in [0.1, 0.15) is 19.3 Å². The summed E-state index contributed by atoms with van der Waals surface area (Å²) >= 11 is 4.32. The largest absolute Gasteiger partial charge is 0.399 e. The lowest BCUT2D eigenvalue weighted by Gasteiger charge is -2.21. The van der Waals surface area contributed by atoms with E-state index in [1.54, 1.807) is 0 Å². The molecule has 1 aliphatic carbocycles. The first-order valence-electron chi connectivity index (χ1n) is 5.55. The van der Waals surface area contributed by atoms with E-state index in [0.717, 1.165) is 10.9 Å². The molecule has 0 bridgehead atoms. The minimum Gasteiger partial charge on any atom is -0.399 e. The first-order chi connectivity index (χ1) is 7.70. The van der Waals surface area contributed by atoms with Crippen molar-refractivity contribution in [3.63, 3.8) is 0 Å². The fraction of sp³-hybridized carbons (Fsp3) is 0.500. The first kappa shape index (κ1) is 12.4. The third kappa shape index (κ3) is 2.77. The molecule has 3 N–H and O–H groups in total. The molecule has 2 unspecified atom stereocenters. The molecule has 2 nitrogen and oxygen atoms in total. The van der Waals surface area contributed by atoms with E-state index in [2.05, 4.69) is 40.2 Å². The van der Waals surface area contributed by atoms with Gasteiger partial charge in [-0.05, 0) is 59.9 Å². The summed E-state index contributed by atoms with van der Waals surface area (Å²) in [6, 6.07) is 6.69. The van der Waals surface area contributed by atoms with Gasteiger partial charge < -0.3 is 11.1 Å². The van der Waals surface area contributed by atoms with Crippen LogP contribution in [0.3, 0.4) is 0 Å². The molecule has 88 valence electrons. The van der Waals surface area contributed by atoms with Crippen molar-refractivity contribution in [1.82, 2.24) is 0 Å². The lowest BCUT2D eigenvalue weighted by molar-refractivity contribution is 0.768. The van der Waals surface area contributed by atoms with Crippen molar-refractivity contribution in [2.24, 2.45) is 0 Å². The summed E-state index contributed by atoms with van der Waals surface area (Å²) in [6.07, 6.45) is 6.17. The van der Waals surface area contributed by atoms with Gasteiger partial charge in [0.2, 0.25) is 0 Å². The van der Waals surface area contributed by atoms with Crippen LogP contribution in [0, 0.1) is 3.57 Å². The molecular weight excluding hydrogens is 331 g/mol. The predicted octanol–water partition coefficient (Wildman–Crippen LogP) is 3.57. The maximum atomic E-state index is 5.75. The number of anilines is 2. The Morgan fingerprint density at radius 2 is 2.25 bits per heavy atom. The lowest BCUT2D eigenvalue weighted by atomic mass is 10.2. The zero-order valence-electron chi connectivity index (χ0n) is 9.37. The highest BCUT2D eigenvalue weighted by molar-refractivity contribution is 14.1. The van der Waals surface area contributed by atoms with Gasteiger partial charge in [-0.1, -0.05) is 6.42 Å². The van der Waals surface area contributed by atoms with Crippen molar-refractivity contribution < 1.29 is 0 Å². The molecule has 1 fully saturated rings. The Morgan fingerprint density at radius 3 is 2.94 bits per heavy atom. The number of nitrogens with two attached hydrogens (primary N) is 1. The summed E-state index contributed by atoms with van der Waals surface area (Å²) < 4.78 is 1.21. The van der Waals surface area contributed by atoms with Crippen LogP contribution < -0.4 is 11.1 Å². The predicted molar refractivity (Wildman–Crippen MR) is 82.1 cm³/mol. The van der Waals surface area contributed by atoms with Gasteiger partial charge in [-0.25, -0.2) is 0 Å². The lowest BCUT2D eigenvalue weighted by Crippen LogP contribution is -2.26. The number of hydrogen-bond donors (Lipinski definition) is 2. The van der Waals surface area contributed by atoms with E-state index in [0.29, 0.717) is 6.04 Å². The fourth-order valence-electron chi connectivity index (χ4n) is 2.22. The van der Waals surface area contributed by atoms with Crippen molar-refractivity contribution in [3.8, 4) is 0 Å². The molecule has 0 spiro atoms. The number of nitrogen functional groups attached to an aromatic ring is 1. The van der Waals surface area contributed by atoms with E-state index in [4.69, 9.17) is 5.73 Å². The van der Waals surface area contributed by atoms with E-state index < -0.39 is 0 Å². The van der Waals surface area contributed by atoms with Crippen LogP contribution in [0.5, 0.6) is 0 Å². The van der Waals surface area contributed by atoms with Crippen molar-refractivity contribution in [1.29, 1.82) is 0 Å². The summed E-state index contributed by atoms with van der Waals surface area (Å²) in [5.41, 5.74) is 7.81. The maximum absolute atomic E-state index is 5.75. The first-order valence-corrected chi connectivity index (χ1v) is 7.91. The monoisotopic (exact) mass is 348 g/mol. The third-order valence-corrected chi connectivity index (χ3v) is 5.15. The quantitative estimate of drug-likeness (QED) is 0.648. The van der Waals surface area contributed by atoms with Crippen molar-refractivity contribution in [2.75, 3.05) is 17.3 Å². The fourth-order valence-corrected chi connectivity index (χ4v) is 3.85. The van der Waals surface area contributed by atoms with Gasteiger partial charge in [-0.15, -0.1) is 0 Å². The Hall–Kier alpha value is -0.100. The highest BCUT2D eigenvalue weighted by Crippen LogP contribution is 2.32. The van der Waals surface area contributed by atoms with Gasteiger partial charge in [-0.3, -0.25) is 0 Å². The summed E-state index contributed by atoms with van der Waals surface area (Å²) in [7, 11) is 0. The number of nitrogens with one attached hydrogen (secondary N) is 1. The molecule has 0 aliphatic heterocycles. The maximum Gasteiger partial charge on any atom is 0.0479 e. The van der Waals surface area contributed by atoms with E-state index in [1.807, 2.05) is 23.9 Å². The van der Waals surface area contributed by atoms with E-state index in [-0.39, 0.29) is 0 Å². The van der Waals surface area contributed by atoms with Crippen LogP contribution in [0.2, 0.25) is 0 Å². The van der Waals surface area contributed by atoms with Crippen LogP contribution in [0.4, 0.5) is 11.4 Å². The molecule has 0 saturated heterocycles. The van der Waals surface area contributed by atoms with Gasteiger partial charge in [-0.2, -0.15) is 11.8 Å². The smallest absolute Gasteiger partial charge is 0.0479 e. The molecule has 0 amide bonds. The summed E-state index contributed by atoms with van der Waals surface area (Å²) in [6.45, 7) is 0. The third-order valence-electron chi connectivity index (χ3n) is 3.09. The molecule has 1 aromatic carbocycles. The standard InChI is InChI=1S/C12H17IN2S/c1-16-12-4-2-3-11(12)15-10-6-5-8(14)7-9(10)13/h5-7,11-12,15H,2-4,14H2,1H3. The molecule has 0 heterocycles. The van der Waals surface area contributed by atoms with Crippen LogP contribution in [0.15, 0.2) is 18.2 Å². The summed E-state index contributed by atoms with van der Waals surface area (Å²) in [5, 5.41) is 4.41. The Morgan fingerprint density at radius 1 is 1.44 bits per heavy atom. The van der Waals surface area contributed by atoms with Gasteiger partial charge in [0, 0.05) is 26.2 Å². The molecule has 0 aromatic heterocycles. The van der Waals surface area contributed by atoms with Gasteiger partial charge in [0.15, 0.2) is 0 Å². The number of benzene rings is 1. The molecule has 1 aromatic rings. The minimum absolute atomic E-state index is 0.618. The van der Waals surface area contributed by atoms with Gasteiger partial charge >= 0.3 is 0 Å². The number of rotatable bonds is 3. The Labute approximate surface area is 115 Å². The molecule has 4 heteroatoms. The second-order valence-corrected chi connectivity index (χ2v) is 6.43. The molecule has 1 aliphatic rings. The molecule has 1 saturated carbocycles. The molecular formula is C12H17IN2S. The van der Waals surface area contributed by atoms with E-state index in [9.17, 15) is 0 Å². The molecule has 0 radical (unpaired) electrons.